The molecule has 0 aliphatic rings. The summed E-state index contributed by atoms with van der Waals surface area (Å²) in [5.74, 6) is 1.01. The van der Waals surface area contributed by atoms with Gasteiger partial charge in [0.25, 0.3) is 0 Å². The number of para-hydroxylation sites is 1. The van der Waals surface area contributed by atoms with E-state index >= 15 is 0 Å². The molecular formula is C14H24NO+. The maximum Gasteiger partial charge on any atom is 0.127 e. The molecule has 0 atom stereocenters. The van der Waals surface area contributed by atoms with Crippen LogP contribution in [0.4, 0.5) is 0 Å². The quantitative estimate of drug-likeness (QED) is 0.671. The highest BCUT2D eigenvalue weighted by Crippen LogP contribution is 2.15. The first-order valence-corrected chi connectivity index (χ1v) is 6.32. The van der Waals surface area contributed by atoms with E-state index in [1.54, 1.807) is 7.11 Å². The first kappa shape index (κ1) is 13.0. The lowest BCUT2D eigenvalue weighted by molar-refractivity contribution is -0.671. The summed E-state index contributed by atoms with van der Waals surface area (Å²) < 4.78 is 5.32. The van der Waals surface area contributed by atoms with Crippen LogP contribution < -0.4 is 10.1 Å². The number of hydrogen-bond acceptors (Lipinski definition) is 1. The number of nitrogens with two attached hydrogens (primary N) is 1. The molecule has 1 aromatic carbocycles. The van der Waals surface area contributed by atoms with Gasteiger partial charge in [0.05, 0.1) is 13.7 Å². The summed E-state index contributed by atoms with van der Waals surface area (Å²) in [4.78, 5) is 0. The van der Waals surface area contributed by atoms with Gasteiger partial charge in [-0.05, 0) is 25.0 Å². The molecule has 0 heterocycles. The second kappa shape index (κ2) is 8.17. The average molecular weight is 222 g/mol. The average Bonchev–Trinajstić information content (AvgIpc) is 2.34. The minimum absolute atomic E-state index is 1.01. The van der Waals surface area contributed by atoms with Crippen LogP contribution in [0.15, 0.2) is 24.3 Å². The van der Waals surface area contributed by atoms with E-state index in [1.165, 1.54) is 37.8 Å². The van der Waals surface area contributed by atoms with E-state index in [-0.39, 0.29) is 0 Å². The largest absolute Gasteiger partial charge is 0.496 e. The molecular weight excluding hydrogens is 198 g/mol. The van der Waals surface area contributed by atoms with Crippen LogP contribution in [0, 0.1) is 0 Å². The van der Waals surface area contributed by atoms with Crippen molar-refractivity contribution in [1.29, 1.82) is 0 Å². The Kier molecular flexibility index (Phi) is 6.66. The molecule has 0 radical (unpaired) electrons. The van der Waals surface area contributed by atoms with Crippen molar-refractivity contribution >= 4 is 0 Å². The first-order valence-electron chi connectivity index (χ1n) is 6.32. The molecule has 2 nitrogen and oxygen atoms in total. The van der Waals surface area contributed by atoms with Gasteiger partial charge in [-0.15, -0.1) is 0 Å². The number of rotatable bonds is 8. The fraction of sp³-hybridized carbons (Fsp3) is 0.571. The van der Waals surface area contributed by atoms with E-state index in [0.717, 1.165) is 12.3 Å². The number of hydrogen-bond donors (Lipinski definition) is 1. The number of benzene rings is 1. The minimum atomic E-state index is 1.01. The van der Waals surface area contributed by atoms with Crippen LogP contribution in [0.25, 0.3) is 0 Å². The topological polar surface area (TPSA) is 25.8 Å². The van der Waals surface area contributed by atoms with Gasteiger partial charge in [-0.3, -0.25) is 0 Å². The van der Waals surface area contributed by atoms with E-state index in [9.17, 15) is 0 Å². The summed E-state index contributed by atoms with van der Waals surface area (Å²) in [6.07, 6.45) is 5.36. The van der Waals surface area contributed by atoms with Crippen LogP contribution in [-0.4, -0.2) is 13.7 Å². The van der Waals surface area contributed by atoms with Crippen LogP contribution in [0.5, 0.6) is 5.75 Å². The zero-order valence-corrected chi connectivity index (χ0v) is 10.5. The van der Waals surface area contributed by atoms with Gasteiger partial charge in [-0.25, -0.2) is 0 Å². The highest BCUT2D eigenvalue weighted by Gasteiger charge is 2.02. The fourth-order valence-electron chi connectivity index (χ4n) is 1.84. The third-order valence-electron chi connectivity index (χ3n) is 2.82. The Morgan fingerprint density at radius 1 is 1.12 bits per heavy atom. The molecule has 0 fully saturated rings. The summed E-state index contributed by atoms with van der Waals surface area (Å²) in [6, 6.07) is 8.26. The fourth-order valence-corrected chi connectivity index (χ4v) is 1.84. The summed E-state index contributed by atoms with van der Waals surface area (Å²) >= 11 is 0. The van der Waals surface area contributed by atoms with E-state index in [2.05, 4.69) is 24.4 Å². The minimum Gasteiger partial charge on any atom is -0.496 e. The Bertz CT molecular complexity index is 286. The number of ether oxygens (including phenoxy) is 1. The zero-order chi connectivity index (χ0) is 11.6. The Hall–Kier alpha value is -1.02. The first-order chi connectivity index (χ1) is 7.88. The predicted molar refractivity (Wildman–Crippen MR) is 67.6 cm³/mol. The predicted octanol–water partition coefficient (Wildman–Crippen LogP) is 2.34. The lowest BCUT2D eigenvalue weighted by Crippen LogP contribution is -2.82. The van der Waals surface area contributed by atoms with Crippen molar-refractivity contribution in [3.05, 3.63) is 29.8 Å². The van der Waals surface area contributed by atoms with Crippen molar-refractivity contribution < 1.29 is 10.1 Å². The van der Waals surface area contributed by atoms with Crippen molar-refractivity contribution in [3.63, 3.8) is 0 Å². The van der Waals surface area contributed by atoms with Gasteiger partial charge in [-0.1, -0.05) is 31.9 Å². The van der Waals surface area contributed by atoms with Gasteiger partial charge in [0.15, 0.2) is 0 Å². The van der Waals surface area contributed by atoms with Crippen LogP contribution >= 0.6 is 0 Å². The summed E-state index contributed by atoms with van der Waals surface area (Å²) in [5.41, 5.74) is 1.29. The molecule has 0 saturated carbocycles. The van der Waals surface area contributed by atoms with Crippen LogP contribution in [0.3, 0.4) is 0 Å². The second-order valence-corrected chi connectivity index (χ2v) is 4.15. The number of methoxy groups -OCH3 is 1. The number of quaternary nitrogens is 1. The smallest absolute Gasteiger partial charge is 0.127 e. The third-order valence-corrected chi connectivity index (χ3v) is 2.82. The molecule has 0 aromatic heterocycles. The van der Waals surface area contributed by atoms with Crippen LogP contribution in [0.2, 0.25) is 0 Å². The Balaban J connectivity index is 2.21. The van der Waals surface area contributed by atoms with Crippen molar-refractivity contribution in [2.45, 2.75) is 39.2 Å². The van der Waals surface area contributed by atoms with E-state index in [1.807, 2.05) is 12.1 Å². The molecule has 1 rings (SSSR count). The Morgan fingerprint density at radius 2 is 1.94 bits per heavy atom. The lowest BCUT2D eigenvalue weighted by atomic mass is 10.2. The third kappa shape index (κ3) is 4.67. The highest BCUT2D eigenvalue weighted by molar-refractivity contribution is 5.32. The van der Waals surface area contributed by atoms with Crippen molar-refractivity contribution in [3.8, 4) is 5.75 Å². The summed E-state index contributed by atoms with van der Waals surface area (Å²) in [5, 5.41) is 2.37. The lowest BCUT2D eigenvalue weighted by Gasteiger charge is -2.07. The Labute approximate surface area is 99.0 Å². The van der Waals surface area contributed by atoms with Crippen molar-refractivity contribution in [1.82, 2.24) is 0 Å². The zero-order valence-electron chi connectivity index (χ0n) is 10.5. The molecule has 1 aromatic rings. The van der Waals surface area contributed by atoms with E-state index in [0.29, 0.717) is 0 Å². The van der Waals surface area contributed by atoms with Crippen LogP contribution in [0.1, 0.15) is 38.2 Å². The van der Waals surface area contributed by atoms with Gasteiger partial charge >= 0.3 is 0 Å². The molecule has 0 unspecified atom stereocenters. The van der Waals surface area contributed by atoms with Crippen LogP contribution in [-0.2, 0) is 6.54 Å². The van der Waals surface area contributed by atoms with Gasteiger partial charge in [0, 0.05) is 5.56 Å². The highest BCUT2D eigenvalue weighted by atomic mass is 16.5. The normalized spacial score (nSPS) is 10.4. The van der Waals surface area contributed by atoms with Gasteiger partial charge in [-0.2, -0.15) is 0 Å². The molecule has 0 aliphatic heterocycles. The summed E-state index contributed by atoms with van der Waals surface area (Å²) in [7, 11) is 1.74. The SMILES string of the molecule is CCCCCC[NH2+]Cc1ccccc1OC. The number of unbranched alkanes of at least 4 members (excludes halogenated alkanes) is 3. The van der Waals surface area contributed by atoms with Crippen molar-refractivity contribution in [2.75, 3.05) is 13.7 Å². The Morgan fingerprint density at radius 3 is 2.69 bits per heavy atom. The molecule has 0 bridgehead atoms. The van der Waals surface area contributed by atoms with E-state index in [4.69, 9.17) is 4.74 Å². The standard InChI is InChI=1S/C14H23NO/c1-3-4-5-8-11-15-12-13-9-6-7-10-14(13)16-2/h6-7,9-10,15H,3-5,8,11-12H2,1-2H3/p+1. The molecule has 2 heteroatoms. The van der Waals surface area contributed by atoms with Gasteiger partial charge < -0.3 is 10.1 Å². The maximum absolute atomic E-state index is 5.32. The molecule has 0 spiro atoms. The molecule has 0 aliphatic carbocycles. The second-order valence-electron chi connectivity index (χ2n) is 4.15. The monoisotopic (exact) mass is 222 g/mol. The van der Waals surface area contributed by atoms with Gasteiger partial charge in [0.2, 0.25) is 0 Å². The molecule has 2 N–H and O–H groups in total. The van der Waals surface area contributed by atoms with Crippen molar-refractivity contribution in [2.24, 2.45) is 0 Å². The molecule has 16 heavy (non-hydrogen) atoms. The maximum atomic E-state index is 5.32. The molecule has 0 saturated heterocycles. The van der Waals surface area contributed by atoms with Gasteiger partial charge in [0.1, 0.15) is 12.3 Å². The molecule has 90 valence electrons. The summed E-state index contributed by atoms with van der Waals surface area (Å²) in [6.45, 7) is 4.49. The molecule has 0 amide bonds. The van der Waals surface area contributed by atoms with E-state index < -0.39 is 0 Å².